The van der Waals surface area contributed by atoms with Crippen molar-refractivity contribution in [2.75, 3.05) is 20.3 Å². The quantitative estimate of drug-likeness (QED) is 0.270. The zero-order chi connectivity index (χ0) is 9.11. The van der Waals surface area contributed by atoms with Gasteiger partial charge in [0, 0.05) is 7.11 Å². The first-order valence-electron chi connectivity index (χ1n) is 3.29. The highest BCUT2D eigenvalue weighted by Crippen LogP contribution is 1.73. The van der Waals surface area contributed by atoms with Crippen LogP contribution in [0.3, 0.4) is 0 Å². The average Bonchev–Trinajstić information content (AvgIpc) is 1.88. The number of isocyanates is 1. The normalized spacial score (nSPS) is 7.18. The SMILES string of the molecule is C=C(C)C.COCCN=C=O. The molecule has 0 aliphatic rings. The van der Waals surface area contributed by atoms with E-state index in [1.54, 1.807) is 7.11 Å². The van der Waals surface area contributed by atoms with E-state index in [0.717, 1.165) is 0 Å². The first-order chi connectivity index (χ1) is 5.15. The van der Waals surface area contributed by atoms with E-state index in [9.17, 15) is 4.79 Å². The van der Waals surface area contributed by atoms with Crippen LogP contribution >= 0.6 is 0 Å². The summed E-state index contributed by atoms with van der Waals surface area (Å²) < 4.78 is 4.57. The molecule has 0 bridgehead atoms. The van der Waals surface area contributed by atoms with Crippen molar-refractivity contribution < 1.29 is 9.53 Å². The highest BCUT2D eigenvalue weighted by atomic mass is 16.5. The Hall–Kier alpha value is -0.920. The summed E-state index contributed by atoms with van der Waals surface area (Å²) >= 11 is 0. The second-order valence-electron chi connectivity index (χ2n) is 2.17. The highest BCUT2D eigenvalue weighted by molar-refractivity contribution is 5.32. The maximum absolute atomic E-state index is 9.33. The third-order valence-corrected chi connectivity index (χ3v) is 0.472. The zero-order valence-corrected chi connectivity index (χ0v) is 7.39. The molecule has 0 unspecified atom stereocenters. The summed E-state index contributed by atoms with van der Waals surface area (Å²) in [5.74, 6) is 0. The Morgan fingerprint density at radius 3 is 2.36 bits per heavy atom. The molecule has 0 aliphatic heterocycles. The van der Waals surface area contributed by atoms with Crippen molar-refractivity contribution in [1.29, 1.82) is 0 Å². The van der Waals surface area contributed by atoms with Crippen molar-refractivity contribution in [2.24, 2.45) is 4.99 Å². The van der Waals surface area contributed by atoms with E-state index < -0.39 is 0 Å². The molecular formula is C8H15NO2. The minimum absolute atomic E-state index is 0.417. The predicted octanol–water partition coefficient (Wildman–Crippen LogP) is 1.55. The van der Waals surface area contributed by atoms with Crippen LogP contribution in [0.2, 0.25) is 0 Å². The highest BCUT2D eigenvalue weighted by Gasteiger charge is 1.73. The fourth-order valence-corrected chi connectivity index (χ4v) is 0.183. The van der Waals surface area contributed by atoms with E-state index in [1.165, 1.54) is 11.7 Å². The van der Waals surface area contributed by atoms with E-state index in [-0.39, 0.29) is 0 Å². The van der Waals surface area contributed by atoms with Gasteiger partial charge in [-0.15, -0.1) is 6.58 Å². The largest absolute Gasteiger partial charge is 0.383 e. The number of hydrogen-bond acceptors (Lipinski definition) is 3. The van der Waals surface area contributed by atoms with Gasteiger partial charge < -0.3 is 4.74 Å². The summed E-state index contributed by atoms with van der Waals surface area (Å²) in [7, 11) is 1.56. The zero-order valence-electron chi connectivity index (χ0n) is 7.39. The number of nitrogens with zero attached hydrogens (tertiary/aromatic N) is 1. The van der Waals surface area contributed by atoms with Gasteiger partial charge in [-0.3, -0.25) is 0 Å². The third-order valence-electron chi connectivity index (χ3n) is 0.472. The van der Waals surface area contributed by atoms with Gasteiger partial charge >= 0.3 is 0 Å². The fraction of sp³-hybridized carbons (Fsp3) is 0.625. The van der Waals surface area contributed by atoms with Crippen molar-refractivity contribution >= 4 is 6.08 Å². The van der Waals surface area contributed by atoms with Crippen LogP contribution < -0.4 is 0 Å². The number of aliphatic imine (C=N–C) groups is 1. The molecule has 64 valence electrons. The fourth-order valence-electron chi connectivity index (χ4n) is 0.183. The Morgan fingerprint density at radius 2 is 2.09 bits per heavy atom. The second-order valence-corrected chi connectivity index (χ2v) is 2.17. The summed E-state index contributed by atoms with van der Waals surface area (Å²) in [5, 5.41) is 0. The molecule has 0 radical (unpaired) electrons. The molecule has 0 saturated heterocycles. The summed E-state index contributed by atoms with van der Waals surface area (Å²) in [6.07, 6.45) is 1.40. The monoisotopic (exact) mass is 157 g/mol. The maximum Gasteiger partial charge on any atom is 0.235 e. The van der Waals surface area contributed by atoms with Crippen LogP contribution in [0.15, 0.2) is 17.1 Å². The summed E-state index contributed by atoms with van der Waals surface area (Å²) in [4.78, 5) is 12.6. The van der Waals surface area contributed by atoms with Gasteiger partial charge in [0.15, 0.2) is 0 Å². The molecule has 0 aromatic heterocycles. The third kappa shape index (κ3) is 48.0. The van der Waals surface area contributed by atoms with Crippen molar-refractivity contribution in [3.63, 3.8) is 0 Å². The first kappa shape index (κ1) is 12.7. The van der Waals surface area contributed by atoms with Crippen LogP contribution in [0.1, 0.15) is 13.8 Å². The first-order valence-corrected chi connectivity index (χ1v) is 3.29. The summed E-state index contributed by atoms with van der Waals surface area (Å²) in [6, 6.07) is 0. The molecule has 0 fully saturated rings. The smallest absolute Gasteiger partial charge is 0.235 e. The lowest BCUT2D eigenvalue weighted by Crippen LogP contribution is -1.90. The van der Waals surface area contributed by atoms with Crippen LogP contribution in [-0.4, -0.2) is 26.3 Å². The molecule has 3 nitrogen and oxygen atoms in total. The number of methoxy groups -OCH3 is 1. The standard InChI is InChI=1S/C4H7NO2.C4H8/c1-7-3-2-5-4-6;1-4(2)3/h2-3H2,1H3;1H2,2-3H3. The molecule has 3 heteroatoms. The van der Waals surface area contributed by atoms with Crippen molar-refractivity contribution in [1.82, 2.24) is 0 Å². The van der Waals surface area contributed by atoms with E-state index >= 15 is 0 Å². The van der Waals surface area contributed by atoms with Gasteiger partial charge in [0.2, 0.25) is 6.08 Å². The predicted molar refractivity (Wildman–Crippen MR) is 45.4 cm³/mol. The summed E-state index contributed by atoms with van der Waals surface area (Å²) in [5.41, 5.74) is 1.17. The molecule has 0 spiro atoms. The second kappa shape index (κ2) is 11.8. The number of ether oxygens (including phenoxy) is 1. The Kier molecular flexibility index (Phi) is 13.7. The van der Waals surface area contributed by atoms with Gasteiger partial charge in [0.1, 0.15) is 0 Å². The van der Waals surface area contributed by atoms with Crippen LogP contribution in [0.4, 0.5) is 0 Å². The van der Waals surface area contributed by atoms with E-state index in [1.807, 2.05) is 13.8 Å². The molecule has 0 aliphatic carbocycles. The topological polar surface area (TPSA) is 38.7 Å². The molecule has 0 atom stereocenters. The molecule has 0 saturated carbocycles. The molecule has 0 heterocycles. The Labute approximate surface area is 67.8 Å². The number of carbonyl (C=O) groups excluding carboxylic acids is 1. The number of allylic oxidation sites excluding steroid dienone is 1. The molecule has 0 N–H and O–H groups in total. The Bertz CT molecular complexity index is 133. The van der Waals surface area contributed by atoms with Gasteiger partial charge in [-0.1, -0.05) is 5.57 Å². The van der Waals surface area contributed by atoms with Gasteiger partial charge in [0.05, 0.1) is 13.2 Å². The molecule has 11 heavy (non-hydrogen) atoms. The number of hydrogen-bond donors (Lipinski definition) is 0. The molecule has 0 aromatic rings. The molecule has 0 amide bonds. The lowest BCUT2D eigenvalue weighted by Gasteiger charge is -1.85. The molecule has 0 rings (SSSR count). The van der Waals surface area contributed by atoms with Gasteiger partial charge in [0.25, 0.3) is 0 Å². The van der Waals surface area contributed by atoms with Gasteiger partial charge in [-0.25, -0.2) is 9.79 Å². The van der Waals surface area contributed by atoms with Gasteiger partial charge in [-0.05, 0) is 13.8 Å². The molecular weight excluding hydrogens is 142 g/mol. The minimum atomic E-state index is 0.417. The van der Waals surface area contributed by atoms with E-state index in [4.69, 9.17) is 0 Å². The van der Waals surface area contributed by atoms with Gasteiger partial charge in [-0.2, -0.15) is 0 Å². The lowest BCUT2D eigenvalue weighted by atomic mass is 10.4. The van der Waals surface area contributed by atoms with Crippen LogP contribution in [0.5, 0.6) is 0 Å². The Balaban J connectivity index is 0. The van der Waals surface area contributed by atoms with Crippen molar-refractivity contribution in [3.05, 3.63) is 12.2 Å². The van der Waals surface area contributed by atoms with Crippen LogP contribution in [0.25, 0.3) is 0 Å². The van der Waals surface area contributed by atoms with Crippen molar-refractivity contribution in [2.45, 2.75) is 13.8 Å². The lowest BCUT2D eigenvalue weighted by molar-refractivity contribution is 0.208. The molecule has 0 aromatic carbocycles. The van der Waals surface area contributed by atoms with Crippen LogP contribution in [-0.2, 0) is 9.53 Å². The number of rotatable bonds is 3. The summed E-state index contributed by atoms with van der Waals surface area (Å²) in [6.45, 7) is 8.41. The average molecular weight is 157 g/mol. The van der Waals surface area contributed by atoms with Crippen LogP contribution in [0, 0.1) is 0 Å². The van der Waals surface area contributed by atoms with E-state index in [2.05, 4.69) is 16.3 Å². The minimum Gasteiger partial charge on any atom is -0.383 e. The van der Waals surface area contributed by atoms with E-state index in [0.29, 0.717) is 13.2 Å². The van der Waals surface area contributed by atoms with Crippen molar-refractivity contribution in [3.8, 4) is 0 Å². The maximum atomic E-state index is 9.33. The Morgan fingerprint density at radius 1 is 1.64 bits per heavy atom.